The molecule has 0 aromatic heterocycles. The van der Waals surface area contributed by atoms with Gasteiger partial charge in [-0.05, 0) is 78.7 Å². The summed E-state index contributed by atoms with van der Waals surface area (Å²) in [5, 5.41) is 12.5. The lowest BCUT2D eigenvalue weighted by molar-refractivity contribution is -0.112. The molecule has 0 aliphatic rings. The fraction of sp³-hybridized carbons (Fsp3) is 0.0968. The van der Waals surface area contributed by atoms with Gasteiger partial charge in [-0.25, -0.2) is 0 Å². The molecule has 1 amide bonds. The standard InChI is InChI=1S/C31H24Br2N2O3/c1-21-3-2-4-23(15-21)20-38-30-14-9-27(33)17-24(30)16-25(18-34)31(36)35-28-10-12-29(13-11-28)37-19-22-5-7-26(32)8-6-22/h2-17H,19-20H2,1H3,(H,35,36)/b25-16+. The largest absolute Gasteiger partial charge is 0.489 e. The second kappa shape index (κ2) is 13.1. The van der Waals surface area contributed by atoms with Crippen LogP contribution in [0.5, 0.6) is 11.5 Å². The van der Waals surface area contributed by atoms with Gasteiger partial charge in [-0.15, -0.1) is 0 Å². The fourth-order valence-corrected chi connectivity index (χ4v) is 4.25. The van der Waals surface area contributed by atoms with Gasteiger partial charge < -0.3 is 14.8 Å². The number of hydrogen-bond acceptors (Lipinski definition) is 4. The number of anilines is 1. The Balaban J connectivity index is 1.42. The monoisotopic (exact) mass is 630 g/mol. The molecule has 0 aliphatic carbocycles. The van der Waals surface area contributed by atoms with E-state index in [0.717, 1.165) is 25.6 Å². The van der Waals surface area contributed by atoms with Crippen LogP contribution < -0.4 is 14.8 Å². The lowest BCUT2D eigenvalue weighted by atomic mass is 10.1. The summed E-state index contributed by atoms with van der Waals surface area (Å²) in [7, 11) is 0. The van der Waals surface area contributed by atoms with Crippen molar-refractivity contribution in [3.63, 3.8) is 0 Å². The summed E-state index contributed by atoms with van der Waals surface area (Å²) >= 11 is 6.88. The van der Waals surface area contributed by atoms with Crippen LogP contribution in [-0.4, -0.2) is 5.91 Å². The van der Waals surface area contributed by atoms with Crippen LogP contribution in [0.2, 0.25) is 0 Å². The Labute approximate surface area is 239 Å². The first-order chi connectivity index (χ1) is 18.4. The van der Waals surface area contributed by atoms with Crippen LogP contribution in [0.15, 0.2) is 106 Å². The van der Waals surface area contributed by atoms with Crippen molar-refractivity contribution in [2.45, 2.75) is 20.1 Å². The van der Waals surface area contributed by atoms with Gasteiger partial charge in [0.25, 0.3) is 5.91 Å². The van der Waals surface area contributed by atoms with Crippen LogP contribution in [0.4, 0.5) is 5.69 Å². The molecular weight excluding hydrogens is 608 g/mol. The summed E-state index contributed by atoms with van der Waals surface area (Å²) in [6.45, 7) is 2.83. The number of hydrogen-bond donors (Lipinski definition) is 1. The van der Waals surface area contributed by atoms with Crippen molar-refractivity contribution in [1.29, 1.82) is 5.26 Å². The zero-order valence-corrected chi connectivity index (χ0v) is 23.8. The summed E-state index contributed by atoms with van der Waals surface area (Å²) in [6.07, 6.45) is 1.53. The predicted octanol–water partition coefficient (Wildman–Crippen LogP) is 8.22. The first-order valence-corrected chi connectivity index (χ1v) is 13.4. The number of amides is 1. The Morgan fingerprint density at radius 3 is 2.29 bits per heavy atom. The zero-order chi connectivity index (χ0) is 26.9. The van der Waals surface area contributed by atoms with E-state index in [0.29, 0.717) is 36.0 Å². The minimum absolute atomic E-state index is 0.0425. The SMILES string of the molecule is Cc1cccc(COc2ccc(Br)cc2/C=C(\C#N)C(=O)Nc2ccc(OCc3ccc(Br)cc3)cc2)c1. The van der Waals surface area contributed by atoms with E-state index in [2.05, 4.69) is 43.2 Å². The van der Waals surface area contributed by atoms with E-state index in [4.69, 9.17) is 9.47 Å². The first-order valence-electron chi connectivity index (χ1n) is 11.8. The maximum atomic E-state index is 12.9. The van der Waals surface area contributed by atoms with Gasteiger partial charge in [0, 0.05) is 20.2 Å². The van der Waals surface area contributed by atoms with E-state index < -0.39 is 5.91 Å². The number of nitrogens with zero attached hydrogens (tertiary/aromatic N) is 1. The summed E-state index contributed by atoms with van der Waals surface area (Å²) < 4.78 is 13.7. The average molecular weight is 632 g/mol. The molecule has 0 heterocycles. The van der Waals surface area contributed by atoms with Crippen molar-refractivity contribution in [3.8, 4) is 17.6 Å². The third-order valence-corrected chi connectivity index (χ3v) is 6.57. The van der Waals surface area contributed by atoms with Gasteiger partial charge in [0.15, 0.2) is 0 Å². The van der Waals surface area contributed by atoms with Crippen LogP contribution in [0.3, 0.4) is 0 Å². The van der Waals surface area contributed by atoms with E-state index in [1.54, 1.807) is 24.3 Å². The Bertz CT molecular complexity index is 1490. The lowest BCUT2D eigenvalue weighted by Gasteiger charge is -2.11. The smallest absolute Gasteiger partial charge is 0.266 e. The Kier molecular flexibility index (Phi) is 9.36. The fourth-order valence-electron chi connectivity index (χ4n) is 3.61. The number of rotatable bonds is 9. The quantitative estimate of drug-likeness (QED) is 0.149. The third-order valence-electron chi connectivity index (χ3n) is 5.54. The van der Waals surface area contributed by atoms with Crippen LogP contribution in [0, 0.1) is 18.3 Å². The summed E-state index contributed by atoms with van der Waals surface area (Å²) in [6, 6.07) is 30.5. The van der Waals surface area contributed by atoms with Crippen molar-refractivity contribution in [2.75, 3.05) is 5.32 Å². The minimum atomic E-state index is -0.513. The molecule has 0 saturated carbocycles. The number of carbonyl (C=O) groups excluding carboxylic acids is 1. The highest BCUT2D eigenvalue weighted by Gasteiger charge is 2.12. The highest BCUT2D eigenvalue weighted by atomic mass is 79.9. The van der Waals surface area contributed by atoms with E-state index in [1.165, 1.54) is 6.08 Å². The Hall–Kier alpha value is -3.86. The van der Waals surface area contributed by atoms with Gasteiger partial charge in [0.1, 0.15) is 36.4 Å². The Morgan fingerprint density at radius 2 is 1.58 bits per heavy atom. The molecule has 5 nitrogen and oxygen atoms in total. The van der Waals surface area contributed by atoms with Gasteiger partial charge in [-0.2, -0.15) is 5.26 Å². The molecule has 4 aromatic carbocycles. The van der Waals surface area contributed by atoms with E-state index in [1.807, 2.05) is 73.7 Å². The van der Waals surface area contributed by atoms with Crippen LogP contribution in [-0.2, 0) is 18.0 Å². The summed E-state index contributed by atoms with van der Waals surface area (Å²) in [5.74, 6) is 0.731. The second-order valence-electron chi connectivity index (χ2n) is 8.52. The van der Waals surface area contributed by atoms with Gasteiger partial charge >= 0.3 is 0 Å². The maximum absolute atomic E-state index is 12.9. The average Bonchev–Trinajstić information content (AvgIpc) is 2.91. The minimum Gasteiger partial charge on any atom is -0.489 e. The second-order valence-corrected chi connectivity index (χ2v) is 10.4. The highest BCUT2D eigenvalue weighted by Crippen LogP contribution is 2.27. The van der Waals surface area contributed by atoms with Crippen LogP contribution >= 0.6 is 31.9 Å². The number of nitriles is 1. The van der Waals surface area contributed by atoms with E-state index in [-0.39, 0.29) is 5.57 Å². The molecular formula is C31H24Br2N2O3. The van der Waals surface area contributed by atoms with Crippen LogP contribution in [0.1, 0.15) is 22.3 Å². The first kappa shape index (κ1) is 27.2. The molecule has 0 atom stereocenters. The number of carbonyl (C=O) groups is 1. The van der Waals surface area contributed by atoms with Crippen molar-refractivity contribution in [3.05, 3.63) is 128 Å². The molecule has 0 spiro atoms. The summed E-state index contributed by atoms with van der Waals surface area (Å²) in [5.41, 5.74) is 4.36. The maximum Gasteiger partial charge on any atom is 0.266 e. The van der Waals surface area contributed by atoms with Gasteiger partial charge in [0.05, 0.1) is 0 Å². The number of ether oxygens (including phenoxy) is 2. The predicted molar refractivity (Wildman–Crippen MR) is 157 cm³/mol. The van der Waals surface area contributed by atoms with Gasteiger partial charge in [-0.3, -0.25) is 4.79 Å². The van der Waals surface area contributed by atoms with Crippen molar-refractivity contribution < 1.29 is 14.3 Å². The Morgan fingerprint density at radius 1 is 0.868 bits per heavy atom. The molecule has 190 valence electrons. The highest BCUT2D eigenvalue weighted by molar-refractivity contribution is 9.10. The molecule has 4 aromatic rings. The van der Waals surface area contributed by atoms with Crippen molar-refractivity contribution >= 4 is 49.5 Å². The van der Waals surface area contributed by atoms with Gasteiger partial charge in [-0.1, -0.05) is 73.8 Å². The summed E-state index contributed by atoms with van der Waals surface area (Å²) in [4.78, 5) is 12.9. The normalized spacial score (nSPS) is 10.9. The number of aryl methyl sites for hydroxylation is 1. The van der Waals surface area contributed by atoms with Crippen molar-refractivity contribution in [2.24, 2.45) is 0 Å². The van der Waals surface area contributed by atoms with Crippen molar-refractivity contribution in [1.82, 2.24) is 0 Å². The molecule has 38 heavy (non-hydrogen) atoms. The van der Waals surface area contributed by atoms with E-state index >= 15 is 0 Å². The number of halogens is 2. The lowest BCUT2D eigenvalue weighted by Crippen LogP contribution is -2.13. The zero-order valence-electron chi connectivity index (χ0n) is 20.6. The van der Waals surface area contributed by atoms with Gasteiger partial charge in [0.2, 0.25) is 0 Å². The topological polar surface area (TPSA) is 71.3 Å². The molecule has 1 N–H and O–H groups in total. The molecule has 0 unspecified atom stereocenters. The third kappa shape index (κ3) is 7.82. The molecule has 0 bridgehead atoms. The molecule has 0 fully saturated rings. The van der Waals surface area contributed by atoms with E-state index in [9.17, 15) is 10.1 Å². The molecule has 4 rings (SSSR count). The molecule has 0 radical (unpaired) electrons. The number of benzene rings is 4. The molecule has 0 aliphatic heterocycles. The molecule has 7 heteroatoms. The molecule has 0 saturated heterocycles. The van der Waals surface area contributed by atoms with Crippen LogP contribution in [0.25, 0.3) is 6.08 Å². The number of nitrogens with one attached hydrogen (secondary N) is 1.